The van der Waals surface area contributed by atoms with Crippen molar-refractivity contribution in [1.82, 2.24) is 10.6 Å². The summed E-state index contributed by atoms with van der Waals surface area (Å²) in [5.41, 5.74) is 2.08. The van der Waals surface area contributed by atoms with Crippen molar-refractivity contribution in [3.63, 3.8) is 0 Å². The van der Waals surface area contributed by atoms with Crippen LogP contribution in [0.1, 0.15) is 25.0 Å². The van der Waals surface area contributed by atoms with Gasteiger partial charge in [-0.1, -0.05) is 30.3 Å². The van der Waals surface area contributed by atoms with Crippen molar-refractivity contribution in [3.8, 4) is 11.5 Å². The number of nitrogens with one attached hydrogen (secondary N) is 2. The Labute approximate surface area is 149 Å². The molecule has 0 aliphatic rings. The van der Waals surface area contributed by atoms with Gasteiger partial charge < -0.3 is 20.5 Å². The van der Waals surface area contributed by atoms with Gasteiger partial charge in [-0.2, -0.15) is 0 Å². The van der Waals surface area contributed by atoms with E-state index in [-0.39, 0.29) is 11.9 Å². The number of hydrogen-bond donors (Lipinski definition) is 3. The summed E-state index contributed by atoms with van der Waals surface area (Å²) in [6.07, 6.45) is 0.00530. The van der Waals surface area contributed by atoms with E-state index in [0.717, 1.165) is 29.4 Å². The largest absolute Gasteiger partial charge is 0.508 e. The molecule has 2 rings (SSSR count). The van der Waals surface area contributed by atoms with Crippen LogP contribution in [-0.4, -0.2) is 30.3 Å². The van der Waals surface area contributed by atoms with Crippen molar-refractivity contribution in [3.05, 3.63) is 59.7 Å². The molecule has 0 amide bonds. The number of ether oxygens (including phenoxy) is 1. The standard InChI is InChI=1S/C20H27N3O2/c1-4-21-20(23-14-17-9-7-10-18(24)12-17)22-13-16(3)25-19-11-6-5-8-15(19)2/h5-12,16,24H,4,13-14H2,1-3H3,(H2,21,22,23). The zero-order chi connectivity index (χ0) is 18.1. The van der Waals surface area contributed by atoms with E-state index in [1.807, 2.05) is 57.2 Å². The molecule has 5 heteroatoms. The number of para-hydroxylation sites is 1. The van der Waals surface area contributed by atoms with Crippen molar-refractivity contribution < 1.29 is 9.84 Å². The number of rotatable bonds is 7. The molecular formula is C20H27N3O2. The highest BCUT2D eigenvalue weighted by Gasteiger charge is 2.07. The third-order valence-corrected chi connectivity index (χ3v) is 3.65. The number of phenolic OH excluding ortho intramolecular Hbond substituents is 1. The Hall–Kier alpha value is -2.69. The molecule has 0 aliphatic carbocycles. The van der Waals surface area contributed by atoms with Crippen molar-refractivity contribution in [2.45, 2.75) is 33.4 Å². The summed E-state index contributed by atoms with van der Waals surface area (Å²) in [4.78, 5) is 4.55. The summed E-state index contributed by atoms with van der Waals surface area (Å²) in [6, 6.07) is 15.1. The normalized spacial score (nSPS) is 12.5. The molecule has 0 saturated heterocycles. The highest BCUT2D eigenvalue weighted by Crippen LogP contribution is 2.17. The first-order valence-corrected chi connectivity index (χ1v) is 8.61. The molecule has 25 heavy (non-hydrogen) atoms. The summed E-state index contributed by atoms with van der Waals surface area (Å²) in [5.74, 6) is 1.88. The van der Waals surface area contributed by atoms with Gasteiger partial charge in [0.25, 0.3) is 0 Å². The Bertz CT molecular complexity index is 701. The van der Waals surface area contributed by atoms with Gasteiger partial charge in [0.2, 0.25) is 0 Å². The molecule has 0 saturated carbocycles. The minimum absolute atomic E-state index is 0.00530. The van der Waals surface area contributed by atoms with E-state index in [1.165, 1.54) is 0 Å². The minimum atomic E-state index is 0.00530. The Kier molecular flexibility index (Phi) is 7.14. The molecule has 2 aromatic rings. The van der Waals surface area contributed by atoms with Crippen molar-refractivity contribution in [1.29, 1.82) is 0 Å². The van der Waals surface area contributed by atoms with Crippen LogP contribution in [0.15, 0.2) is 53.5 Å². The average molecular weight is 341 g/mol. The van der Waals surface area contributed by atoms with Gasteiger partial charge in [-0.25, -0.2) is 4.99 Å². The number of aromatic hydroxyl groups is 1. The Morgan fingerprint density at radius 3 is 2.68 bits per heavy atom. The fraction of sp³-hybridized carbons (Fsp3) is 0.350. The van der Waals surface area contributed by atoms with E-state index in [0.29, 0.717) is 13.1 Å². The number of aryl methyl sites for hydroxylation is 1. The van der Waals surface area contributed by atoms with Crippen LogP contribution in [0.5, 0.6) is 11.5 Å². The number of nitrogens with zero attached hydrogens (tertiary/aromatic N) is 1. The predicted molar refractivity (Wildman–Crippen MR) is 102 cm³/mol. The quantitative estimate of drug-likeness (QED) is 0.534. The number of aliphatic imine (C=N–C) groups is 1. The monoisotopic (exact) mass is 341 g/mol. The second-order valence-corrected chi connectivity index (χ2v) is 5.94. The van der Waals surface area contributed by atoms with Crippen LogP contribution in [-0.2, 0) is 6.54 Å². The van der Waals surface area contributed by atoms with Crippen LogP contribution >= 0.6 is 0 Å². The lowest BCUT2D eigenvalue weighted by Crippen LogP contribution is -2.41. The molecular weight excluding hydrogens is 314 g/mol. The molecule has 0 radical (unpaired) electrons. The minimum Gasteiger partial charge on any atom is -0.508 e. The third kappa shape index (κ3) is 6.37. The Morgan fingerprint density at radius 1 is 1.16 bits per heavy atom. The van der Waals surface area contributed by atoms with Crippen LogP contribution in [0.3, 0.4) is 0 Å². The first-order chi connectivity index (χ1) is 12.1. The van der Waals surface area contributed by atoms with E-state index < -0.39 is 0 Å². The number of benzene rings is 2. The smallest absolute Gasteiger partial charge is 0.191 e. The van der Waals surface area contributed by atoms with Gasteiger partial charge in [-0.15, -0.1) is 0 Å². The molecule has 1 unspecified atom stereocenters. The van der Waals surface area contributed by atoms with E-state index in [4.69, 9.17) is 4.74 Å². The maximum Gasteiger partial charge on any atom is 0.191 e. The molecule has 0 fully saturated rings. The average Bonchev–Trinajstić information content (AvgIpc) is 2.59. The van der Waals surface area contributed by atoms with Crippen LogP contribution in [0, 0.1) is 6.92 Å². The molecule has 0 spiro atoms. The Balaban J connectivity index is 1.90. The first-order valence-electron chi connectivity index (χ1n) is 8.61. The molecule has 0 aliphatic heterocycles. The zero-order valence-corrected chi connectivity index (χ0v) is 15.1. The summed E-state index contributed by atoms with van der Waals surface area (Å²) < 4.78 is 5.97. The molecule has 0 bridgehead atoms. The van der Waals surface area contributed by atoms with Gasteiger partial charge in [0.1, 0.15) is 17.6 Å². The van der Waals surface area contributed by atoms with Crippen LogP contribution in [0.2, 0.25) is 0 Å². The van der Waals surface area contributed by atoms with E-state index in [1.54, 1.807) is 12.1 Å². The second-order valence-electron chi connectivity index (χ2n) is 5.94. The topological polar surface area (TPSA) is 65.9 Å². The third-order valence-electron chi connectivity index (χ3n) is 3.65. The molecule has 3 N–H and O–H groups in total. The highest BCUT2D eigenvalue weighted by molar-refractivity contribution is 5.79. The maximum absolute atomic E-state index is 9.52. The highest BCUT2D eigenvalue weighted by atomic mass is 16.5. The van der Waals surface area contributed by atoms with Crippen molar-refractivity contribution in [2.24, 2.45) is 4.99 Å². The summed E-state index contributed by atoms with van der Waals surface area (Å²) >= 11 is 0. The summed E-state index contributed by atoms with van der Waals surface area (Å²) in [5, 5.41) is 16.0. The zero-order valence-electron chi connectivity index (χ0n) is 15.1. The van der Waals surface area contributed by atoms with Crippen LogP contribution in [0.25, 0.3) is 0 Å². The SMILES string of the molecule is CCNC(=NCc1cccc(O)c1)NCC(C)Oc1ccccc1C. The molecule has 134 valence electrons. The second kappa shape index (κ2) is 9.57. The summed E-state index contributed by atoms with van der Waals surface area (Å²) in [6.45, 7) is 8.00. The van der Waals surface area contributed by atoms with E-state index in [9.17, 15) is 5.11 Å². The number of hydrogen-bond acceptors (Lipinski definition) is 3. The van der Waals surface area contributed by atoms with Gasteiger partial charge in [0.05, 0.1) is 13.1 Å². The molecule has 5 nitrogen and oxygen atoms in total. The van der Waals surface area contributed by atoms with Crippen LogP contribution < -0.4 is 15.4 Å². The lowest BCUT2D eigenvalue weighted by molar-refractivity contribution is 0.222. The lowest BCUT2D eigenvalue weighted by atomic mass is 10.2. The van der Waals surface area contributed by atoms with Gasteiger partial charge in [-0.05, 0) is 50.1 Å². The van der Waals surface area contributed by atoms with Crippen molar-refractivity contribution in [2.75, 3.05) is 13.1 Å². The summed E-state index contributed by atoms with van der Waals surface area (Å²) in [7, 11) is 0. The van der Waals surface area contributed by atoms with Crippen LogP contribution in [0.4, 0.5) is 0 Å². The van der Waals surface area contributed by atoms with E-state index in [2.05, 4.69) is 15.6 Å². The predicted octanol–water partition coefficient (Wildman–Crippen LogP) is 3.22. The molecule has 2 aromatic carbocycles. The molecule has 0 aromatic heterocycles. The van der Waals surface area contributed by atoms with Gasteiger partial charge >= 0.3 is 0 Å². The fourth-order valence-corrected chi connectivity index (χ4v) is 2.35. The fourth-order valence-electron chi connectivity index (χ4n) is 2.35. The Morgan fingerprint density at radius 2 is 1.96 bits per heavy atom. The first kappa shape index (κ1) is 18.6. The van der Waals surface area contributed by atoms with Gasteiger partial charge in [0.15, 0.2) is 5.96 Å². The number of guanidine groups is 1. The maximum atomic E-state index is 9.52. The lowest BCUT2D eigenvalue weighted by Gasteiger charge is -2.18. The van der Waals surface area contributed by atoms with Gasteiger partial charge in [0, 0.05) is 6.54 Å². The number of phenols is 1. The van der Waals surface area contributed by atoms with Gasteiger partial charge in [-0.3, -0.25) is 0 Å². The van der Waals surface area contributed by atoms with E-state index >= 15 is 0 Å². The molecule has 0 heterocycles. The van der Waals surface area contributed by atoms with Crippen molar-refractivity contribution >= 4 is 5.96 Å². The molecule has 1 atom stereocenters.